The molecular formula is C96H113F6N9O14S6. The fraction of sp³-hybridized carbons (Fsp3) is 0.406. The molecule has 7 aromatic carbocycles. The highest BCUT2D eigenvalue weighted by molar-refractivity contribution is 7.92. The number of nitrogens with zero attached hydrogens (tertiary/aromatic N) is 5. The number of sulfone groups is 2. The Morgan fingerprint density at radius 1 is 0.580 bits per heavy atom. The topological polar surface area (TPSA) is 310 Å². The van der Waals surface area contributed by atoms with Crippen molar-refractivity contribution in [3.63, 3.8) is 0 Å². The summed E-state index contributed by atoms with van der Waals surface area (Å²) in [6, 6.07) is 52.4. The summed E-state index contributed by atoms with van der Waals surface area (Å²) in [6.07, 6.45) is 5.64. The number of pyridine rings is 1. The largest absolute Gasteiger partial charge is 0.486 e. The van der Waals surface area contributed by atoms with Crippen molar-refractivity contribution in [3.8, 4) is 44.1 Å². The van der Waals surface area contributed by atoms with Crippen molar-refractivity contribution >= 4 is 83.6 Å². The summed E-state index contributed by atoms with van der Waals surface area (Å²) in [5.41, 5.74) is 12.1. The lowest BCUT2D eigenvalue weighted by Crippen LogP contribution is -2.47. The minimum absolute atomic E-state index is 0.0208. The lowest BCUT2D eigenvalue weighted by Gasteiger charge is -2.21. The van der Waals surface area contributed by atoms with Crippen LogP contribution < -0.4 is 24.2 Å². The van der Waals surface area contributed by atoms with Crippen LogP contribution in [-0.2, 0) is 92.8 Å². The third kappa shape index (κ3) is 29.7. The molecule has 4 aliphatic rings. The van der Waals surface area contributed by atoms with Gasteiger partial charge >= 0.3 is 6.18 Å². The van der Waals surface area contributed by atoms with Crippen LogP contribution in [0.2, 0.25) is 0 Å². The Balaban J connectivity index is 0.000000170. The highest BCUT2D eigenvalue weighted by Gasteiger charge is 2.40. The second-order valence-corrected chi connectivity index (χ2v) is 46.9. The second kappa shape index (κ2) is 45.6. The molecule has 2 saturated heterocycles. The molecular weight excluding hydrogens is 1810 g/mol. The molecule has 2 aliphatic heterocycles. The molecule has 2 aliphatic carbocycles. The van der Waals surface area contributed by atoms with Crippen molar-refractivity contribution in [2.45, 2.75) is 197 Å². The van der Waals surface area contributed by atoms with Crippen LogP contribution in [0.5, 0.6) is 5.75 Å². The van der Waals surface area contributed by atoms with E-state index in [1.807, 2.05) is 84.6 Å². The molecule has 0 radical (unpaired) electrons. The first-order valence-electron chi connectivity index (χ1n) is 43.4. The minimum Gasteiger partial charge on any atom is -0.486 e. The summed E-state index contributed by atoms with van der Waals surface area (Å²) in [5.74, 6) is -1.56. The first-order valence-corrected chi connectivity index (χ1v) is 52.6. The van der Waals surface area contributed by atoms with E-state index in [4.69, 9.17) is 16.0 Å². The van der Waals surface area contributed by atoms with Gasteiger partial charge in [0.2, 0.25) is 41.0 Å². The standard InChI is InChI=1S/C22H31NO4S2.C20H23F2NO3S.C19H20F3N3O.C18H20N2O4S2.C17H19FN2O2S/c1-17(2)29(26,27)16-14-18(3)20-9-11-22(12-10-20)21-7-5-19(6-8-21)13-15-23-28(4,24)25;1-13(2)27(25,26)9-8-14(3)15-4-6-19(7-5-15)23-20(24)16-10-17(21)12-18(22)11-16;20-19(21,22)17-15-5-1-2-6-16(15)25(23-17)14-9-7-13(8-10-14)18(26)24-11-3-4-12-24;1-12(2)26(21,22)20-15-10-23-11-16(15)24-14-6-4-13(5-7-14)17-8-9-18(19-3)25-17;1-11(2)23(21,22)20-16-8-13-4-3-12(7-15(13)9-16)14-5-6-17(18)19-10-14/h5-12,17-18,23H,13-16H2,1-4H3;4-7,10-14H,8-9H2,1-3H3,(H,23,24);7-10H,1-6,11-12H2;4-9,12,15-16,20H,10-11H2,1-2H3;3-7,10-11,16,20H,8-9H2,1-2H3/t18-;14-;;15-,16+;16-/m00.00/s1. The molecule has 3 aromatic heterocycles. The average Bonchev–Trinajstić information content (AvgIpc) is 1.61. The first-order chi connectivity index (χ1) is 61.7. The zero-order valence-electron chi connectivity index (χ0n) is 75.0. The average molecular weight is 1920 g/mol. The minimum atomic E-state index is -4.45. The molecule has 0 unspecified atom stereocenters. The highest BCUT2D eigenvalue weighted by Crippen LogP contribution is 2.39. The maximum atomic E-state index is 13.3. The van der Waals surface area contributed by atoms with Gasteiger partial charge in [0.05, 0.1) is 70.3 Å². The summed E-state index contributed by atoms with van der Waals surface area (Å²) < 4.78 is 218. The quantitative estimate of drug-likeness (QED) is 0.0192. The molecule has 131 heavy (non-hydrogen) atoms. The Morgan fingerprint density at radius 2 is 1.12 bits per heavy atom. The van der Waals surface area contributed by atoms with Gasteiger partial charge < -0.3 is 19.7 Å². The van der Waals surface area contributed by atoms with E-state index in [2.05, 4.69) is 65.6 Å². The third-order valence-electron chi connectivity index (χ3n) is 23.0. The Kier molecular flexibility index (Phi) is 35.9. The maximum Gasteiger partial charge on any atom is 0.435 e. The predicted octanol–water partition coefficient (Wildman–Crippen LogP) is 18.4. The number of anilines is 1. The van der Waals surface area contributed by atoms with Crippen LogP contribution in [0.3, 0.4) is 0 Å². The van der Waals surface area contributed by atoms with Gasteiger partial charge in [-0.3, -0.25) is 9.59 Å². The van der Waals surface area contributed by atoms with Crippen LogP contribution in [0.25, 0.3) is 43.2 Å². The smallest absolute Gasteiger partial charge is 0.435 e. The van der Waals surface area contributed by atoms with Gasteiger partial charge in [-0.25, -0.2) is 79.5 Å². The van der Waals surface area contributed by atoms with Gasteiger partial charge in [0.25, 0.3) is 11.8 Å². The molecule has 704 valence electrons. The number of hydrogen-bond donors (Lipinski definition) is 4. The Morgan fingerprint density at radius 3 is 1.66 bits per heavy atom. The Labute approximate surface area is 769 Å². The fourth-order valence-corrected chi connectivity index (χ4v) is 20.1. The van der Waals surface area contributed by atoms with Gasteiger partial charge in [0, 0.05) is 76.5 Å². The van der Waals surface area contributed by atoms with Crippen LogP contribution >= 0.6 is 11.3 Å². The van der Waals surface area contributed by atoms with Crippen molar-refractivity contribution < 1.29 is 87.5 Å². The number of likely N-dealkylation sites (tertiary alicyclic amines) is 1. The van der Waals surface area contributed by atoms with E-state index in [-0.39, 0.29) is 52.2 Å². The van der Waals surface area contributed by atoms with E-state index in [0.29, 0.717) is 110 Å². The number of nitrogens with one attached hydrogen (secondary N) is 4. The molecule has 0 spiro atoms. The molecule has 0 bridgehead atoms. The second-order valence-electron chi connectivity index (χ2n) is 34.1. The number of alkyl halides is 3. The van der Waals surface area contributed by atoms with Crippen molar-refractivity contribution in [2.75, 3.05) is 55.9 Å². The van der Waals surface area contributed by atoms with Crippen LogP contribution in [-0.4, -0.2) is 163 Å². The summed E-state index contributed by atoms with van der Waals surface area (Å²) in [5, 5.41) is 5.45. The first kappa shape index (κ1) is 103. The number of ether oxygens (including phenoxy) is 2. The lowest BCUT2D eigenvalue weighted by molar-refractivity contribution is -0.142. The summed E-state index contributed by atoms with van der Waals surface area (Å²) in [4.78, 5) is 34.5. The number of rotatable bonds is 29. The van der Waals surface area contributed by atoms with E-state index in [1.165, 1.54) is 28.3 Å². The molecule has 2 amide bonds. The summed E-state index contributed by atoms with van der Waals surface area (Å²) >= 11 is 1.44. The number of carbonyl (C=O) groups excluding carboxylic acids is 2. The van der Waals surface area contributed by atoms with Gasteiger partial charge in [0.15, 0.2) is 25.4 Å². The van der Waals surface area contributed by atoms with Gasteiger partial charge in [-0.2, -0.15) is 34.0 Å². The van der Waals surface area contributed by atoms with E-state index in [1.54, 1.807) is 116 Å². The number of amides is 2. The van der Waals surface area contributed by atoms with E-state index >= 15 is 0 Å². The molecule has 23 nitrogen and oxygen atoms in total. The van der Waals surface area contributed by atoms with Crippen LogP contribution in [0.15, 0.2) is 188 Å². The molecule has 2 fully saturated rings. The molecule has 5 atom stereocenters. The van der Waals surface area contributed by atoms with Crippen molar-refractivity contribution in [3.05, 3.63) is 273 Å². The number of aromatic nitrogens is 3. The van der Waals surface area contributed by atoms with Crippen LogP contribution in [0, 0.1) is 24.2 Å². The van der Waals surface area contributed by atoms with Gasteiger partial charge in [-0.15, -0.1) is 0 Å². The summed E-state index contributed by atoms with van der Waals surface area (Å²) in [6.45, 7) is 27.0. The normalized spacial score (nSPS) is 16.2. The number of halogens is 6. The van der Waals surface area contributed by atoms with Crippen LogP contribution in [0.4, 0.5) is 37.0 Å². The number of carbonyl (C=O) groups is 2. The van der Waals surface area contributed by atoms with Gasteiger partial charge in [-0.1, -0.05) is 98.8 Å². The molecule has 14 rings (SSSR count). The van der Waals surface area contributed by atoms with Crippen LogP contribution in [0.1, 0.15) is 185 Å². The Hall–Kier alpha value is -10.0. The highest BCUT2D eigenvalue weighted by atomic mass is 32.2. The molecule has 5 heterocycles. The van der Waals surface area contributed by atoms with Crippen molar-refractivity contribution in [1.82, 2.24) is 33.8 Å². The zero-order valence-corrected chi connectivity index (χ0v) is 79.9. The number of benzene rings is 7. The van der Waals surface area contributed by atoms with Gasteiger partial charge in [0.1, 0.15) is 23.5 Å². The van der Waals surface area contributed by atoms with E-state index in [9.17, 15) is 78.0 Å². The predicted molar refractivity (Wildman–Crippen MR) is 504 cm³/mol. The summed E-state index contributed by atoms with van der Waals surface area (Å²) in [7, 11) is -15.9. The number of hydrogen-bond acceptors (Lipinski definition) is 17. The monoisotopic (exact) mass is 1920 g/mol. The Bertz CT molecular complexity index is 6180. The lowest BCUT2D eigenvalue weighted by atomic mass is 9.95. The third-order valence-corrected chi connectivity index (χ3v) is 33.0. The molecule has 4 N–H and O–H groups in total. The molecule has 0 saturated carbocycles. The molecule has 10 aromatic rings. The van der Waals surface area contributed by atoms with E-state index in [0.717, 1.165) is 118 Å². The fourth-order valence-electron chi connectivity index (χ4n) is 14.7. The zero-order chi connectivity index (χ0) is 95.5. The van der Waals surface area contributed by atoms with Crippen molar-refractivity contribution in [1.29, 1.82) is 0 Å². The number of fused-ring (bicyclic) bond motifs is 2. The number of sulfonamides is 3. The van der Waals surface area contributed by atoms with E-state index < -0.39 is 107 Å². The van der Waals surface area contributed by atoms with Gasteiger partial charge in [-0.05, 0) is 279 Å². The number of thiophene rings is 1. The van der Waals surface area contributed by atoms with Crippen molar-refractivity contribution in [2.24, 2.45) is 0 Å². The maximum absolute atomic E-state index is 13.3. The SMILES string of the molecule is CC(C)S(=O)(=O)CC[C@H](C)c1ccc(-c2ccc(CCNS(C)(=O)=O)cc2)cc1.CC(C)S(=O)(=O)CC[C@H](C)c1ccc(NC(=O)c2cc(F)cc(F)c2)cc1.CC(C)S(=O)(=O)N[C@H]1Cc2ccc(-c3ccc(F)nc3)cc2C1.O=C(c1ccc(-n2nc(C(F)(F)F)c3c2CCCC3)cc1)N1CCCC1.[C-]#[N+]c1ccc(-c2ccc(O[C@@H]3COC[C@@H]3NS(=O)(=O)C(C)C)cc2)s1. The molecule has 35 heteroatoms.